The first-order valence-electron chi connectivity index (χ1n) is 3.48. The standard InChI is InChI=1S/C7H8F2N2O2/c1-13-4-11-3-10-5(7(8)9)2-6(11)12/h2-3,7H,4H2,1H3. The highest BCUT2D eigenvalue weighted by atomic mass is 19.3. The van der Waals surface area contributed by atoms with Crippen molar-refractivity contribution < 1.29 is 13.5 Å². The molecular weight excluding hydrogens is 182 g/mol. The van der Waals surface area contributed by atoms with Gasteiger partial charge >= 0.3 is 0 Å². The third-order valence-electron chi connectivity index (χ3n) is 1.39. The average molecular weight is 190 g/mol. The van der Waals surface area contributed by atoms with Crippen LogP contribution in [0.5, 0.6) is 0 Å². The molecule has 0 radical (unpaired) electrons. The van der Waals surface area contributed by atoms with Gasteiger partial charge in [-0.25, -0.2) is 13.8 Å². The van der Waals surface area contributed by atoms with Gasteiger partial charge in [0.15, 0.2) is 0 Å². The number of nitrogens with zero attached hydrogens (tertiary/aromatic N) is 2. The maximum Gasteiger partial charge on any atom is 0.280 e. The summed E-state index contributed by atoms with van der Waals surface area (Å²) in [5.74, 6) is 0. The summed E-state index contributed by atoms with van der Waals surface area (Å²) in [4.78, 5) is 14.4. The maximum absolute atomic E-state index is 12.0. The minimum Gasteiger partial charge on any atom is -0.364 e. The summed E-state index contributed by atoms with van der Waals surface area (Å²) in [6, 6.07) is 0.795. The number of aromatic nitrogens is 2. The van der Waals surface area contributed by atoms with Crippen molar-refractivity contribution in [3.05, 3.63) is 28.4 Å². The molecule has 0 saturated carbocycles. The zero-order valence-electron chi connectivity index (χ0n) is 6.91. The fourth-order valence-corrected chi connectivity index (χ4v) is 0.795. The van der Waals surface area contributed by atoms with Crippen molar-refractivity contribution >= 4 is 0 Å². The summed E-state index contributed by atoms with van der Waals surface area (Å²) in [6.45, 7) is 0.00928. The molecule has 0 unspecified atom stereocenters. The Bertz CT molecular complexity index is 338. The molecule has 1 heterocycles. The van der Waals surface area contributed by atoms with Crippen molar-refractivity contribution in [2.45, 2.75) is 13.2 Å². The number of ether oxygens (including phenoxy) is 1. The minimum atomic E-state index is -2.72. The minimum absolute atomic E-state index is 0.00928. The van der Waals surface area contributed by atoms with Crippen molar-refractivity contribution in [2.24, 2.45) is 0 Å². The van der Waals surface area contributed by atoms with E-state index in [1.165, 1.54) is 7.11 Å². The Labute approximate surface area is 72.8 Å². The second-order valence-corrected chi connectivity index (χ2v) is 2.34. The van der Waals surface area contributed by atoms with E-state index in [1.54, 1.807) is 0 Å². The van der Waals surface area contributed by atoms with Gasteiger partial charge < -0.3 is 4.74 Å². The topological polar surface area (TPSA) is 44.1 Å². The van der Waals surface area contributed by atoms with E-state index in [9.17, 15) is 13.6 Å². The summed E-state index contributed by atoms with van der Waals surface area (Å²) >= 11 is 0. The monoisotopic (exact) mass is 190 g/mol. The number of hydrogen-bond acceptors (Lipinski definition) is 3. The van der Waals surface area contributed by atoms with Gasteiger partial charge in [0.2, 0.25) is 0 Å². The molecule has 0 amide bonds. The van der Waals surface area contributed by atoms with Gasteiger partial charge in [-0.3, -0.25) is 9.36 Å². The Morgan fingerprint density at radius 3 is 2.85 bits per heavy atom. The molecule has 1 rings (SSSR count). The highest BCUT2D eigenvalue weighted by molar-refractivity contribution is 5.00. The van der Waals surface area contributed by atoms with Gasteiger partial charge in [0.25, 0.3) is 12.0 Å². The Hall–Kier alpha value is -1.30. The molecule has 0 aliphatic rings. The van der Waals surface area contributed by atoms with Crippen molar-refractivity contribution in [3.63, 3.8) is 0 Å². The highest BCUT2D eigenvalue weighted by Crippen LogP contribution is 2.12. The van der Waals surface area contributed by atoms with E-state index in [2.05, 4.69) is 9.72 Å². The van der Waals surface area contributed by atoms with E-state index in [0.717, 1.165) is 17.0 Å². The lowest BCUT2D eigenvalue weighted by molar-refractivity contribution is 0.124. The van der Waals surface area contributed by atoms with Crippen molar-refractivity contribution in [3.8, 4) is 0 Å². The van der Waals surface area contributed by atoms with Gasteiger partial charge in [-0.1, -0.05) is 0 Å². The first-order chi connectivity index (χ1) is 6.15. The van der Waals surface area contributed by atoms with Crippen LogP contribution in [0.3, 0.4) is 0 Å². The molecule has 13 heavy (non-hydrogen) atoms. The maximum atomic E-state index is 12.0. The molecule has 72 valence electrons. The smallest absolute Gasteiger partial charge is 0.280 e. The van der Waals surface area contributed by atoms with E-state index in [-0.39, 0.29) is 6.73 Å². The Kier molecular flexibility index (Phi) is 3.07. The van der Waals surface area contributed by atoms with Crippen LogP contribution >= 0.6 is 0 Å². The largest absolute Gasteiger partial charge is 0.364 e. The lowest BCUT2D eigenvalue weighted by atomic mass is 10.4. The second-order valence-electron chi connectivity index (χ2n) is 2.34. The predicted molar refractivity (Wildman–Crippen MR) is 40.5 cm³/mol. The third kappa shape index (κ3) is 2.32. The molecule has 0 aliphatic carbocycles. The zero-order chi connectivity index (χ0) is 9.84. The van der Waals surface area contributed by atoms with E-state index in [4.69, 9.17) is 0 Å². The Balaban J connectivity index is 2.99. The van der Waals surface area contributed by atoms with Crippen LogP contribution < -0.4 is 5.56 Å². The first-order valence-corrected chi connectivity index (χ1v) is 3.48. The normalized spacial score (nSPS) is 10.8. The summed E-state index contributed by atoms with van der Waals surface area (Å²) in [5.41, 5.74) is -1.07. The van der Waals surface area contributed by atoms with Crippen LogP contribution in [0.4, 0.5) is 8.78 Å². The number of alkyl halides is 2. The number of halogens is 2. The Morgan fingerprint density at radius 2 is 2.38 bits per heavy atom. The first kappa shape index (κ1) is 9.79. The quantitative estimate of drug-likeness (QED) is 0.707. The van der Waals surface area contributed by atoms with E-state index in [0.29, 0.717) is 0 Å². The van der Waals surface area contributed by atoms with Gasteiger partial charge in [0.1, 0.15) is 12.4 Å². The molecule has 6 heteroatoms. The van der Waals surface area contributed by atoms with Gasteiger partial charge in [-0.2, -0.15) is 0 Å². The van der Waals surface area contributed by atoms with Crippen molar-refractivity contribution in [1.82, 2.24) is 9.55 Å². The highest BCUT2D eigenvalue weighted by Gasteiger charge is 2.09. The molecule has 0 atom stereocenters. The summed E-state index contributed by atoms with van der Waals surface area (Å²) in [7, 11) is 1.40. The fourth-order valence-electron chi connectivity index (χ4n) is 0.795. The molecule has 0 aliphatic heterocycles. The van der Waals surface area contributed by atoms with Crippen LogP contribution in [0, 0.1) is 0 Å². The van der Waals surface area contributed by atoms with Crippen molar-refractivity contribution in [1.29, 1.82) is 0 Å². The summed E-state index contributed by atoms with van der Waals surface area (Å²) in [6.07, 6.45) is -1.68. The number of rotatable bonds is 3. The van der Waals surface area contributed by atoms with Crippen LogP contribution in [-0.2, 0) is 11.5 Å². The number of methoxy groups -OCH3 is 1. The average Bonchev–Trinajstić information content (AvgIpc) is 2.08. The molecule has 1 aromatic rings. The van der Waals surface area contributed by atoms with Gasteiger partial charge in [-0.15, -0.1) is 0 Å². The number of hydrogen-bond donors (Lipinski definition) is 0. The lowest BCUT2D eigenvalue weighted by Crippen LogP contribution is -2.21. The summed E-state index contributed by atoms with van der Waals surface area (Å²) < 4.78 is 29.8. The molecule has 0 aromatic carbocycles. The second kappa shape index (κ2) is 4.08. The molecule has 0 bridgehead atoms. The molecule has 4 nitrogen and oxygen atoms in total. The predicted octanol–water partition coefficient (Wildman–Crippen LogP) is 0.785. The molecule has 0 spiro atoms. The van der Waals surface area contributed by atoms with Gasteiger partial charge in [-0.05, 0) is 0 Å². The van der Waals surface area contributed by atoms with E-state index >= 15 is 0 Å². The molecule has 0 N–H and O–H groups in total. The van der Waals surface area contributed by atoms with E-state index < -0.39 is 17.7 Å². The van der Waals surface area contributed by atoms with Gasteiger partial charge in [0, 0.05) is 13.2 Å². The zero-order valence-corrected chi connectivity index (χ0v) is 6.91. The Morgan fingerprint density at radius 1 is 1.69 bits per heavy atom. The SMILES string of the molecule is COCn1cnc(C(F)F)cc1=O. The van der Waals surface area contributed by atoms with Crippen LogP contribution in [-0.4, -0.2) is 16.7 Å². The third-order valence-corrected chi connectivity index (χ3v) is 1.39. The van der Waals surface area contributed by atoms with Crippen LogP contribution in [0.2, 0.25) is 0 Å². The summed E-state index contributed by atoms with van der Waals surface area (Å²) in [5, 5.41) is 0. The van der Waals surface area contributed by atoms with Crippen LogP contribution in [0.15, 0.2) is 17.2 Å². The lowest BCUT2D eigenvalue weighted by Gasteiger charge is -2.03. The van der Waals surface area contributed by atoms with E-state index in [1.807, 2.05) is 0 Å². The fraction of sp³-hybridized carbons (Fsp3) is 0.429. The van der Waals surface area contributed by atoms with Crippen molar-refractivity contribution in [2.75, 3.05) is 7.11 Å². The molecule has 0 saturated heterocycles. The molecule has 1 aromatic heterocycles. The molecule has 0 fully saturated rings. The molecular formula is C7H8F2N2O2. The van der Waals surface area contributed by atoms with Crippen LogP contribution in [0.1, 0.15) is 12.1 Å². The van der Waals surface area contributed by atoms with Gasteiger partial charge in [0.05, 0.1) is 6.33 Å². The van der Waals surface area contributed by atoms with Crippen LogP contribution in [0.25, 0.3) is 0 Å².